The molecule has 1 aliphatic carbocycles. The van der Waals surface area contributed by atoms with E-state index in [1.165, 1.54) is 27.2 Å². The number of nitrogens with zero attached hydrogens (tertiary/aromatic N) is 2. The minimum Gasteiger partial charge on any atom is -0.481 e. The number of unbranched alkanes of at least 4 members (excludes halogenated alkanes) is 2. The lowest BCUT2D eigenvalue weighted by Crippen LogP contribution is -2.48. The Morgan fingerprint density at radius 2 is 1.93 bits per heavy atom. The fraction of sp³-hybridized carbons (Fsp3) is 0.391. The molecule has 28 heavy (non-hydrogen) atoms. The average Bonchev–Trinajstić information content (AvgIpc) is 2.67. The van der Waals surface area contributed by atoms with Crippen molar-refractivity contribution in [3.63, 3.8) is 0 Å². The molecule has 0 atom stereocenters. The standard InChI is InChI=1S/C23H30N2O2Si/c1-24-19-11-9-17-14-18-10-12-20(16-22(18)28(3,4)21(17)15-19)25(2)13-7-5-6-8-23(26)27/h9-12,14-16H,5-8,13H2,1-4H3,(H,26,27). The second-order valence-corrected chi connectivity index (χ2v) is 12.5. The van der Waals surface area contributed by atoms with E-state index in [9.17, 15) is 4.79 Å². The van der Waals surface area contributed by atoms with Gasteiger partial charge in [0.1, 0.15) is 8.07 Å². The van der Waals surface area contributed by atoms with Crippen molar-refractivity contribution >= 4 is 36.7 Å². The van der Waals surface area contributed by atoms with Crippen LogP contribution in [0, 0.1) is 0 Å². The lowest BCUT2D eigenvalue weighted by atomic mass is 10.0. The van der Waals surface area contributed by atoms with Gasteiger partial charge in [-0.1, -0.05) is 31.7 Å². The van der Waals surface area contributed by atoms with Crippen LogP contribution in [0.4, 0.5) is 5.69 Å². The zero-order chi connectivity index (χ0) is 20.3. The quantitative estimate of drug-likeness (QED) is 0.557. The first-order valence-electron chi connectivity index (χ1n) is 9.99. The van der Waals surface area contributed by atoms with E-state index in [2.05, 4.69) is 72.5 Å². The summed E-state index contributed by atoms with van der Waals surface area (Å²) in [6.45, 7) is 5.79. The van der Waals surface area contributed by atoms with Crippen molar-refractivity contribution in [2.45, 2.75) is 38.8 Å². The molecule has 1 heterocycles. The molecule has 1 N–H and O–H groups in total. The molecule has 1 aromatic rings. The lowest BCUT2D eigenvalue weighted by molar-refractivity contribution is -0.137. The number of carboxylic acid groups (broad SMARTS) is 1. The minimum absolute atomic E-state index is 0.267. The first-order valence-corrected chi connectivity index (χ1v) is 13.0. The number of aliphatic carboxylic acids is 1. The van der Waals surface area contributed by atoms with Crippen LogP contribution in [-0.4, -0.2) is 45.5 Å². The molecule has 0 spiro atoms. The Balaban J connectivity index is 1.79. The van der Waals surface area contributed by atoms with Crippen LogP contribution in [0.5, 0.6) is 0 Å². The Labute approximate surface area is 169 Å². The van der Waals surface area contributed by atoms with E-state index < -0.39 is 14.0 Å². The van der Waals surface area contributed by atoms with Crippen LogP contribution in [0.15, 0.2) is 52.2 Å². The normalized spacial score (nSPS) is 18.2. The van der Waals surface area contributed by atoms with Crippen LogP contribution in [0.25, 0.3) is 6.08 Å². The van der Waals surface area contributed by atoms with Crippen molar-refractivity contribution in [3.8, 4) is 0 Å². The summed E-state index contributed by atoms with van der Waals surface area (Å²) in [6.07, 6.45) is 11.8. The Kier molecular flexibility index (Phi) is 6.03. The molecule has 0 aromatic heterocycles. The molecular formula is C23H30N2O2Si. The Morgan fingerprint density at radius 3 is 2.64 bits per heavy atom. The number of allylic oxidation sites excluding steroid dienone is 5. The third-order valence-electron chi connectivity index (χ3n) is 5.81. The van der Waals surface area contributed by atoms with Crippen LogP contribution in [-0.2, 0) is 4.79 Å². The summed E-state index contributed by atoms with van der Waals surface area (Å²) in [4.78, 5) is 17.3. The smallest absolute Gasteiger partial charge is 0.303 e. The molecule has 0 bridgehead atoms. The van der Waals surface area contributed by atoms with Gasteiger partial charge in [-0.3, -0.25) is 9.79 Å². The molecule has 2 aliphatic rings. The van der Waals surface area contributed by atoms with Gasteiger partial charge in [-0.05, 0) is 64.7 Å². The van der Waals surface area contributed by atoms with Crippen molar-refractivity contribution in [1.29, 1.82) is 0 Å². The van der Waals surface area contributed by atoms with E-state index in [1.807, 2.05) is 7.05 Å². The van der Waals surface area contributed by atoms with Gasteiger partial charge in [-0.2, -0.15) is 0 Å². The van der Waals surface area contributed by atoms with Crippen molar-refractivity contribution < 1.29 is 9.90 Å². The Hall–Kier alpha value is -2.40. The molecule has 1 aliphatic heterocycles. The van der Waals surface area contributed by atoms with Crippen LogP contribution >= 0.6 is 0 Å². The van der Waals surface area contributed by atoms with Crippen molar-refractivity contribution in [3.05, 3.63) is 52.8 Å². The molecular weight excluding hydrogens is 364 g/mol. The number of carboxylic acids is 1. The van der Waals surface area contributed by atoms with Gasteiger partial charge in [-0.15, -0.1) is 0 Å². The third-order valence-corrected chi connectivity index (χ3v) is 9.37. The largest absolute Gasteiger partial charge is 0.481 e. The average molecular weight is 395 g/mol. The molecule has 3 rings (SSSR count). The van der Waals surface area contributed by atoms with Gasteiger partial charge in [0.05, 0.1) is 5.71 Å². The number of fused-ring (bicyclic) bond motifs is 2. The SMILES string of the molecule is CN=C1C=CC2=Cc3ccc(N(C)CCCCCC(=O)O)cc3[Si](C)(C)C2=C1. The van der Waals surface area contributed by atoms with Crippen LogP contribution in [0.1, 0.15) is 31.2 Å². The lowest BCUT2D eigenvalue weighted by Gasteiger charge is -2.35. The van der Waals surface area contributed by atoms with Crippen LogP contribution < -0.4 is 10.1 Å². The number of aliphatic imine (C=N–C) groups is 1. The molecule has 0 saturated heterocycles. The van der Waals surface area contributed by atoms with Gasteiger partial charge in [0.25, 0.3) is 0 Å². The molecule has 0 saturated carbocycles. The number of hydrogen-bond acceptors (Lipinski definition) is 3. The molecule has 1 aromatic carbocycles. The second kappa shape index (κ2) is 8.31. The number of benzene rings is 1. The molecule has 5 heteroatoms. The molecule has 0 radical (unpaired) electrons. The van der Waals surface area contributed by atoms with Crippen molar-refractivity contribution in [1.82, 2.24) is 0 Å². The van der Waals surface area contributed by atoms with Crippen LogP contribution in [0.3, 0.4) is 0 Å². The first-order chi connectivity index (χ1) is 13.3. The number of hydrogen-bond donors (Lipinski definition) is 1. The van der Waals surface area contributed by atoms with Gasteiger partial charge in [0, 0.05) is 32.7 Å². The van der Waals surface area contributed by atoms with E-state index in [1.54, 1.807) is 0 Å². The summed E-state index contributed by atoms with van der Waals surface area (Å²) in [5.41, 5.74) is 4.96. The van der Waals surface area contributed by atoms with E-state index in [-0.39, 0.29) is 6.42 Å². The summed E-state index contributed by atoms with van der Waals surface area (Å²) < 4.78 is 0. The number of rotatable bonds is 7. The van der Waals surface area contributed by atoms with Gasteiger partial charge >= 0.3 is 5.97 Å². The van der Waals surface area contributed by atoms with E-state index in [0.29, 0.717) is 0 Å². The minimum atomic E-state index is -1.80. The third kappa shape index (κ3) is 4.19. The fourth-order valence-corrected chi connectivity index (χ4v) is 7.11. The van der Waals surface area contributed by atoms with Crippen molar-refractivity contribution in [2.24, 2.45) is 4.99 Å². The summed E-state index contributed by atoms with van der Waals surface area (Å²) in [6, 6.07) is 6.83. The van der Waals surface area contributed by atoms with Gasteiger partial charge in [-0.25, -0.2) is 0 Å². The predicted octanol–water partition coefficient (Wildman–Crippen LogP) is 4.19. The van der Waals surface area contributed by atoms with Crippen LogP contribution in [0.2, 0.25) is 13.1 Å². The highest BCUT2D eigenvalue weighted by Crippen LogP contribution is 2.34. The zero-order valence-electron chi connectivity index (χ0n) is 17.3. The topological polar surface area (TPSA) is 52.9 Å². The van der Waals surface area contributed by atoms with Gasteiger partial charge < -0.3 is 10.0 Å². The Bertz CT molecular complexity index is 894. The maximum Gasteiger partial charge on any atom is 0.303 e. The highest BCUT2D eigenvalue weighted by atomic mass is 28.3. The zero-order valence-corrected chi connectivity index (χ0v) is 18.3. The number of carbonyl (C=O) groups is 1. The fourth-order valence-electron chi connectivity index (χ4n) is 4.04. The molecule has 0 unspecified atom stereocenters. The number of anilines is 1. The van der Waals surface area contributed by atoms with E-state index >= 15 is 0 Å². The summed E-state index contributed by atoms with van der Waals surface area (Å²) >= 11 is 0. The van der Waals surface area contributed by atoms with Crippen molar-refractivity contribution in [2.75, 3.05) is 25.5 Å². The summed E-state index contributed by atoms with van der Waals surface area (Å²) in [5, 5.41) is 11.7. The van der Waals surface area contributed by atoms with Gasteiger partial charge in [0.15, 0.2) is 0 Å². The second-order valence-electron chi connectivity index (χ2n) is 8.16. The molecule has 0 amide bonds. The highest BCUT2D eigenvalue weighted by Gasteiger charge is 2.36. The molecule has 4 nitrogen and oxygen atoms in total. The van der Waals surface area contributed by atoms with E-state index in [4.69, 9.17) is 5.11 Å². The maximum atomic E-state index is 10.6. The highest BCUT2D eigenvalue weighted by molar-refractivity contribution is 6.97. The van der Waals surface area contributed by atoms with Gasteiger partial charge in [0.2, 0.25) is 0 Å². The predicted molar refractivity (Wildman–Crippen MR) is 121 cm³/mol. The summed E-state index contributed by atoms with van der Waals surface area (Å²) in [5.74, 6) is -0.703. The first kappa shape index (κ1) is 20.3. The monoisotopic (exact) mass is 394 g/mol. The Morgan fingerprint density at radius 1 is 1.14 bits per heavy atom. The summed E-state index contributed by atoms with van der Waals surface area (Å²) in [7, 11) is 2.18. The van der Waals surface area contributed by atoms with E-state index in [0.717, 1.165) is 31.5 Å². The molecule has 0 fully saturated rings. The molecule has 148 valence electrons. The maximum absolute atomic E-state index is 10.6.